The van der Waals surface area contributed by atoms with E-state index in [1.165, 1.54) is 39.2 Å². The fraction of sp³-hybridized carbons (Fsp3) is 0.889. The largest absolute Gasteiger partial charge is 0.375 e. The van der Waals surface area contributed by atoms with Crippen molar-refractivity contribution in [3.05, 3.63) is 0 Å². The fourth-order valence-corrected chi connectivity index (χ4v) is 5.86. The van der Waals surface area contributed by atoms with Gasteiger partial charge in [0, 0.05) is 39.3 Å². The van der Waals surface area contributed by atoms with Crippen molar-refractivity contribution < 1.29 is 14.3 Å². The zero-order valence-electron chi connectivity index (χ0n) is 14.6. The van der Waals surface area contributed by atoms with E-state index < -0.39 is 0 Å². The average molecular weight is 335 g/mol. The predicted octanol–water partition coefficient (Wildman–Crippen LogP) is 1.31. The van der Waals surface area contributed by atoms with Crippen LogP contribution in [0.15, 0.2) is 0 Å². The van der Waals surface area contributed by atoms with Gasteiger partial charge in [-0.25, -0.2) is 4.79 Å². The van der Waals surface area contributed by atoms with Gasteiger partial charge in [-0.3, -0.25) is 4.79 Å². The lowest BCUT2D eigenvalue weighted by molar-refractivity contribution is -0.136. The molecule has 24 heavy (non-hydrogen) atoms. The molecule has 4 rings (SSSR count). The molecule has 4 fully saturated rings. The first-order chi connectivity index (χ1) is 11.7. The van der Waals surface area contributed by atoms with Crippen LogP contribution >= 0.6 is 0 Å². The SMILES string of the molecule is COCC(=O)N1CCN(C(=O)NC2CC3CC2C2CCCC32)CC1. The second-order valence-corrected chi connectivity index (χ2v) is 8.01. The van der Waals surface area contributed by atoms with Gasteiger partial charge in [0.15, 0.2) is 0 Å². The Hall–Kier alpha value is -1.30. The van der Waals surface area contributed by atoms with Crippen molar-refractivity contribution in [2.75, 3.05) is 39.9 Å². The van der Waals surface area contributed by atoms with Crippen LogP contribution in [0.5, 0.6) is 0 Å². The number of carbonyl (C=O) groups is 2. The maximum absolute atomic E-state index is 12.6. The lowest BCUT2D eigenvalue weighted by atomic mass is 9.79. The fourth-order valence-electron chi connectivity index (χ4n) is 5.86. The molecule has 1 heterocycles. The number of hydrogen-bond acceptors (Lipinski definition) is 3. The summed E-state index contributed by atoms with van der Waals surface area (Å²) in [6.07, 6.45) is 6.70. The standard InChI is InChI=1S/C18H29N3O3/c1-24-11-17(22)20-5-7-21(8-6-20)18(23)19-16-10-12-9-15(16)14-4-2-3-13(12)14/h12-16H,2-11H2,1H3,(H,19,23). The summed E-state index contributed by atoms with van der Waals surface area (Å²) in [5.41, 5.74) is 0. The highest BCUT2D eigenvalue weighted by atomic mass is 16.5. The second-order valence-electron chi connectivity index (χ2n) is 8.01. The highest BCUT2D eigenvalue weighted by Gasteiger charge is 2.54. The molecular formula is C18H29N3O3. The molecule has 3 aliphatic carbocycles. The summed E-state index contributed by atoms with van der Waals surface area (Å²) >= 11 is 0. The van der Waals surface area contributed by atoms with Crippen LogP contribution in [0.1, 0.15) is 32.1 Å². The topological polar surface area (TPSA) is 61.9 Å². The molecule has 0 spiro atoms. The number of methoxy groups -OCH3 is 1. The van der Waals surface area contributed by atoms with Gasteiger partial charge in [0.05, 0.1) is 0 Å². The summed E-state index contributed by atoms with van der Waals surface area (Å²) in [4.78, 5) is 28.1. The molecule has 0 aromatic heterocycles. The molecule has 6 nitrogen and oxygen atoms in total. The first kappa shape index (κ1) is 16.2. The minimum Gasteiger partial charge on any atom is -0.375 e. The van der Waals surface area contributed by atoms with Crippen LogP contribution in [0.2, 0.25) is 0 Å². The number of urea groups is 1. The van der Waals surface area contributed by atoms with Crippen molar-refractivity contribution in [2.45, 2.75) is 38.1 Å². The molecule has 0 radical (unpaired) electrons. The summed E-state index contributed by atoms with van der Waals surface area (Å²) in [5.74, 6) is 3.42. The zero-order chi connectivity index (χ0) is 16.7. The lowest BCUT2D eigenvalue weighted by Gasteiger charge is -2.37. The number of nitrogens with zero attached hydrogens (tertiary/aromatic N) is 2. The molecule has 134 valence electrons. The van der Waals surface area contributed by atoms with E-state index in [1.54, 1.807) is 4.90 Å². The van der Waals surface area contributed by atoms with E-state index in [2.05, 4.69) is 5.32 Å². The summed E-state index contributed by atoms with van der Waals surface area (Å²) in [5, 5.41) is 3.32. The predicted molar refractivity (Wildman–Crippen MR) is 89.4 cm³/mol. The Morgan fingerprint density at radius 3 is 2.46 bits per heavy atom. The number of piperazine rings is 1. The van der Waals surface area contributed by atoms with E-state index in [1.807, 2.05) is 4.90 Å². The number of nitrogens with one attached hydrogen (secondary N) is 1. The number of amides is 3. The molecule has 0 aromatic carbocycles. The highest BCUT2D eigenvalue weighted by Crippen LogP contribution is 2.58. The minimum absolute atomic E-state index is 0.0120. The van der Waals surface area contributed by atoms with Crippen LogP contribution in [0, 0.1) is 23.7 Å². The van der Waals surface area contributed by atoms with Gasteiger partial charge in [-0.15, -0.1) is 0 Å². The third-order valence-corrected chi connectivity index (χ3v) is 6.92. The minimum atomic E-state index is 0.0120. The molecule has 6 heteroatoms. The summed E-state index contributed by atoms with van der Waals surface area (Å²) < 4.78 is 4.90. The number of fused-ring (bicyclic) bond motifs is 5. The van der Waals surface area contributed by atoms with Crippen LogP contribution in [0.4, 0.5) is 4.79 Å². The van der Waals surface area contributed by atoms with Crippen LogP contribution < -0.4 is 5.32 Å². The Morgan fingerprint density at radius 2 is 1.71 bits per heavy atom. The van der Waals surface area contributed by atoms with E-state index >= 15 is 0 Å². The first-order valence-electron chi connectivity index (χ1n) is 9.49. The van der Waals surface area contributed by atoms with Crippen molar-refractivity contribution in [1.29, 1.82) is 0 Å². The Bertz CT molecular complexity index is 504. The number of rotatable bonds is 3. The van der Waals surface area contributed by atoms with E-state index in [0.717, 1.165) is 23.7 Å². The number of ether oxygens (including phenoxy) is 1. The van der Waals surface area contributed by atoms with Crippen molar-refractivity contribution in [1.82, 2.24) is 15.1 Å². The molecule has 5 atom stereocenters. The monoisotopic (exact) mass is 335 g/mol. The number of carbonyl (C=O) groups excluding carboxylic acids is 2. The van der Waals surface area contributed by atoms with Crippen LogP contribution in [0.3, 0.4) is 0 Å². The Morgan fingerprint density at radius 1 is 1.00 bits per heavy atom. The van der Waals surface area contributed by atoms with Crippen LogP contribution in [-0.4, -0.2) is 67.7 Å². The van der Waals surface area contributed by atoms with Crippen molar-refractivity contribution in [2.24, 2.45) is 23.7 Å². The molecule has 1 N–H and O–H groups in total. The Kier molecular flexibility index (Phi) is 4.41. The van der Waals surface area contributed by atoms with Gasteiger partial charge < -0.3 is 19.9 Å². The molecule has 2 bridgehead atoms. The van der Waals surface area contributed by atoms with Gasteiger partial charge in [-0.1, -0.05) is 6.42 Å². The molecule has 3 saturated carbocycles. The van der Waals surface area contributed by atoms with E-state index in [4.69, 9.17) is 4.74 Å². The normalized spacial score (nSPS) is 37.6. The van der Waals surface area contributed by atoms with Crippen LogP contribution in [0.25, 0.3) is 0 Å². The van der Waals surface area contributed by atoms with Gasteiger partial charge in [0.1, 0.15) is 6.61 Å². The molecule has 1 saturated heterocycles. The lowest BCUT2D eigenvalue weighted by Crippen LogP contribution is -2.56. The quantitative estimate of drug-likeness (QED) is 0.846. The second kappa shape index (κ2) is 6.54. The van der Waals surface area contributed by atoms with Gasteiger partial charge in [-0.2, -0.15) is 0 Å². The maximum atomic E-state index is 12.6. The van der Waals surface area contributed by atoms with E-state index in [9.17, 15) is 9.59 Å². The smallest absolute Gasteiger partial charge is 0.317 e. The van der Waals surface area contributed by atoms with E-state index in [0.29, 0.717) is 32.2 Å². The van der Waals surface area contributed by atoms with Crippen LogP contribution in [-0.2, 0) is 9.53 Å². The zero-order valence-corrected chi connectivity index (χ0v) is 14.6. The molecule has 0 aromatic rings. The van der Waals surface area contributed by atoms with Gasteiger partial charge in [0.25, 0.3) is 0 Å². The molecular weight excluding hydrogens is 306 g/mol. The summed E-state index contributed by atoms with van der Waals surface area (Å²) in [6.45, 7) is 2.58. The van der Waals surface area contributed by atoms with Crippen molar-refractivity contribution in [3.8, 4) is 0 Å². The molecule has 1 aliphatic heterocycles. The average Bonchev–Trinajstić information content (AvgIpc) is 3.28. The van der Waals surface area contributed by atoms with Crippen molar-refractivity contribution in [3.63, 3.8) is 0 Å². The third-order valence-electron chi connectivity index (χ3n) is 6.92. The van der Waals surface area contributed by atoms with Crippen molar-refractivity contribution >= 4 is 11.9 Å². The van der Waals surface area contributed by atoms with Gasteiger partial charge in [-0.05, 0) is 49.4 Å². The van der Waals surface area contributed by atoms with Gasteiger partial charge >= 0.3 is 6.03 Å². The maximum Gasteiger partial charge on any atom is 0.317 e. The van der Waals surface area contributed by atoms with E-state index in [-0.39, 0.29) is 18.5 Å². The molecule has 5 unspecified atom stereocenters. The molecule has 3 amide bonds. The first-order valence-corrected chi connectivity index (χ1v) is 9.49. The number of hydrogen-bond donors (Lipinski definition) is 1. The summed E-state index contributed by atoms with van der Waals surface area (Å²) in [7, 11) is 1.53. The Balaban J connectivity index is 1.27. The third kappa shape index (κ3) is 2.79. The highest BCUT2D eigenvalue weighted by molar-refractivity contribution is 5.78. The molecule has 4 aliphatic rings. The summed E-state index contributed by atoms with van der Waals surface area (Å²) in [6, 6.07) is 0.455. The van der Waals surface area contributed by atoms with Gasteiger partial charge in [0.2, 0.25) is 5.91 Å². The Labute approximate surface area is 143 Å².